The van der Waals surface area contributed by atoms with E-state index in [4.69, 9.17) is 5.73 Å². The molecule has 2 N–H and O–H groups in total. The van der Waals surface area contributed by atoms with E-state index in [0.717, 1.165) is 25.6 Å². The van der Waals surface area contributed by atoms with Crippen molar-refractivity contribution in [1.29, 1.82) is 0 Å². The highest BCUT2D eigenvalue weighted by molar-refractivity contribution is 5.68. The van der Waals surface area contributed by atoms with E-state index in [9.17, 15) is 8.78 Å². The fourth-order valence-corrected chi connectivity index (χ4v) is 2.02. The van der Waals surface area contributed by atoms with Gasteiger partial charge >= 0.3 is 0 Å². The highest BCUT2D eigenvalue weighted by Crippen LogP contribution is 2.34. The van der Waals surface area contributed by atoms with Crippen LogP contribution in [0.2, 0.25) is 0 Å². The Bertz CT molecular complexity index is 403. The molecule has 1 aliphatic carbocycles. The molecule has 0 amide bonds. The Labute approximate surface area is 100 Å². The lowest BCUT2D eigenvalue weighted by molar-refractivity contribution is 0.583. The van der Waals surface area contributed by atoms with Gasteiger partial charge in [0.2, 0.25) is 0 Å². The number of nitrogens with two attached hydrogens (primary N) is 1. The van der Waals surface area contributed by atoms with Gasteiger partial charge in [-0.2, -0.15) is 0 Å². The van der Waals surface area contributed by atoms with Crippen LogP contribution in [-0.2, 0) is 0 Å². The molecule has 94 valence electrons. The van der Waals surface area contributed by atoms with Crippen molar-refractivity contribution in [3.8, 4) is 0 Å². The molecule has 0 aromatic heterocycles. The Hall–Kier alpha value is -1.32. The van der Waals surface area contributed by atoms with Crippen LogP contribution in [-0.4, -0.2) is 13.1 Å². The second-order valence-corrected chi connectivity index (χ2v) is 4.71. The maximum absolute atomic E-state index is 13.4. The molecule has 1 saturated carbocycles. The summed E-state index contributed by atoms with van der Waals surface area (Å²) in [6.07, 6.45) is 3.35. The molecule has 1 aromatic rings. The molecule has 2 nitrogen and oxygen atoms in total. The van der Waals surface area contributed by atoms with E-state index in [1.54, 1.807) is 0 Å². The van der Waals surface area contributed by atoms with Gasteiger partial charge in [-0.1, -0.05) is 6.92 Å². The molecule has 0 unspecified atom stereocenters. The Morgan fingerprint density at radius 2 is 2.06 bits per heavy atom. The number of nitrogens with zero attached hydrogens (tertiary/aromatic N) is 1. The zero-order valence-electron chi connectivity index (χ0n) is 10.0. The largest absolute Gasteiger partial charge is 0.395 e. The summed E-state index contributed by atoms with van der Waals surface area (Å²) in [6.45, 7) is 3.68. The van der Waals surface area contributed by atoms with Crippen LogP contribution < -0.4 is 10.6 Å². The van der Waals surface area contributed by atoms with Crippen molar-refractivity contribution in [3.63, 3.8) is 0 Å². The first kappa shape index (κ1) is 12.1. The fraction of sp³-hybridized carbons (Fsp3) is 0.538. The van der Waals surface area contributed by atoms with Crippen LogP contribution in [0, 0.1) is 17.6 Å². The monoisotopic (exact) mass is 240 g/mol. The van der Waals surface area contributed by atoms with Gasteiger partial charge in [0.25, 0.3) is 0 Å². The molecule has 1 aliphatic rings. The lowest BCUT2D eigenvalue weighted by Crippen LogP contribution is -2.27. The summed E-state index contributed by atoms with van der Waals surface area (Å²) in [7, 11) is 0. The van der Waals surface area contributed by atoms with Gasteiger partial charge in [0.05, 0.1) is 11.4 Å². The first-order valence-corrected chi connectivity index (χ1v) is 6.11. The van der Waals surface area contributed by atoms with Crippen LogP contribution in [0.25, 0.3) is 0 Å². The Morgan fingerprint density at radius 3 is 2.65 bits per heavy atom. The van der Waals surface area contributed by atoms with Gasteiger partial charge in [0.1, 0.15) is 5.82 Å². The second kappa shape index (κ2) is 4.90. The van der Waals surface area contributed by atoms with Gasteiger partial charge < -0.3 is 10.6 Å². The van der Waals surface area contributed by atoms with Crippen molar-refractivity contribution < 1.29 is 8.78 Å². The predicted molar refractivity (Wildman–Crippen MR) is 66.0 cm³/mol. The van der Waals surface area contributed by atoms with Crippen molar-refractivity contribution in [1.82, 2.24) is 0 Å². The molecule has 0 bridgehead atoms. The summed E-state index contributed by atoms with van der Waals surface area (Å²) < 4.78 is 26.6. The van der Waals surface area contributed by atoms with Gasteiger partial charge in [0.15, 0.2) is 5.82 Å². The summed E-state index contributed by atoms with van der Waals surface area (Å²) in [5, 5.41) is 0. The summed E-state index contributed by atoms with van der Waals surface area (Å²) in [5.74, 6) is -0.576. The summed E-state index contributed by atoms with van der Waals surface area (Å²) in [6, 6.07) is 2.16. The molecule has 0 spiro atoms. The van der Waals surface area contributed by atoms with E-state index in [-0.39, 0.29) is 5.69 Å². The predicted octanol–water partition coefficient (Wildman–Crippen LogP) is 3.17. The molecular formula is C13H18F2N2. The van der Waals surface area contributed by atoms with Gasteiger partial charge in [-0.25, -0.2) is 8.78 Å². The Kier molecular flexibility index (Phi) is 3.50. The fourth-order valence-electron chi connectivity index (χ4n) is 2.02. The maximum Gasteiger partial charge on any atom is 0.151 e. The lowest BCUT2D eigenvalue weighted by Gasteiger charge is -2.26. The maximum atomic E-state index is 13.4. The van der Waals surface area contributed by atoms with Crippen LogP contribution >= 0.6 is 0 Å². The number of hydrogen-bond acceptors (Lipinski definition) is 2. The molecule has 2 rings (SSSR count). The molecule has 0 saturated heterocycles. The summed E-state index contributed by atoms with van der Waals surface area (Å²) in [5.41, 5.74) is 6.25. The van der Waals surface area contributed by atoms with Crippen LogP contribution in [0.1, 0.15) is 26.2 Å². The molecule has 0 heterocycles. The van der Waals surface area contributed by atoms with E-state index in [0.29, 0.717) is 11.6 Å². The van der Waals surface area contributed by atoms with Crippen molar-refractivity contribution in [2.45, 2.75) is 26.2 Å². The quantitative estimate of drug-likeness (QED) is 0.801. The van der Waals surface area contributed by atoms with E-state index < -0.39 is 11.6 Å². The van der Waals surface area contributed by atoms with Crippen LogP contribution in [0.5, 0.6) is 0 Å². The molecule has 4 heteroatoms. The number of benzene rings is 1. The van der Waals surface area contributed by atoms with E-state index >= 15 is 0 Å². The van der Waals surface area contributed by atoms with E-state index in [1.165, 1.54) is 18.9 Å². The highest BCUT2D eigenvalue weighted by atomic mass is 19.1. The molecule has 1 fully saturated rings. The SMILES string of the molecule is CCCN(CC1CC1)c1cc(F)cc(F)c1N. The minimum absolute atomic E-state index is 0.0560. The molecule has 0 radical (unpaired) electrons. The van der Waals surface area contributed by atoms with Crippen molar-refractivity contribution >= 4 is 11.4 Å². The molecule has 0 aliphatic heterocycles. The Morgan fingerprint density at radius 1 is 1.35 bits per heavy atom. The normalized spacial score (nSPS) is 15.0. The topological polar surface area (TPSA) is 29.3 Å². The smallest absolute Gasteiger partial charge is 0.151 e. The van der Waals surface area contributed by atoms with E-state index in [1.807, 2.05) is 11.8 Å². The first-order chi connectivity index (χ1) is 8.11. The minimum Gasteiger partial charge on any atom is -0.395 e. The van der Waals surface area contributed by atoms with Crippen LogP contribution in [0.4, 0.5) is 20.2 Å². The van der Waals surface area contributed by atoms with Crippen molar-refractivity contribution in [3.05, 3.63) is 23.8 Å². The number of nitrogen functional groups attached to an aromatic ring is 1. The first-order valence-electron chi connectivity index (χ1n) is 6.11. The number of halogens is 2. The molecular weight excluding hydrogens is 222 g/mol. The summed E-state index contributed by atoms with van der Waals surface area (Å²) >= 11 is 0. The third kappa shape index (κ3) is 2.87. The average molecular weight is 240 g/mol. The van der Waals surface area contributed by atoms with Gasteiger partial charge in [0, 0.05) is 19.2 Å². The zero-order chi connectivity index (χ0) is 12.4. The number of anilines is 2. The van der Waals surface area contributed by atoms with E-state index in [2.05, 4.69) is 0 Å². The van der Waals surface area contributed by atoms with Crippen molar-refractivity contribution in [2.24, 2.45) is 5.92 Å². The van der Waals surface area contributed by atoms with Crippen LogP contribution in [0.3, 0.4) is 0 Å². The lowest BCUT2D eigenvalue weighted by atomic mass is 10.2. The van der Waals surface area contributed by atoms with Crippen molar-refractivity contribution in [2.75, 3.05) is 23.7 Å². The summed E-state index contributed by atoms with van der Waals surface area (Å²) in [4.78, 5) is 2.00. The minimum atomic E-state index is -0.670. The average Bonchev–Trinajstić information content (AvgIpc) is 3.07. The third-order valence-corrected chi connectivity index (χ3v) is 3.08. The molecule has 0 atom stereocenters. The standard InChI is InChI=1S/C13H18F2N2/c1-2-5-17(8-9-3-4-9)12-7-10(14)6-11(15)13(12)16/h6-7,9H,2-5,8,16H2,1H3. The van der Waals surface area contributed by atoms with Gasteiger partial charge in [-0.15, -0.1) is 0 Å². The van der Waals surface area contributed by atoms with Gasteiger partial charge in [-0.3, -0.25) is 0 Å². The third-order valence-electron chi connectivity index (χ3n) is 3.08. The zero-order valence-corrected chi connectivity index (χ0v) is 10.0. The Balaban J connectivity index is 2.26. The second-order valence-electron chi connectivity index (χ2n) is 4.71. The number of rotatable bonds is 5. The molecule has 1 aromatic carbocycles. The van der Waals surface area contributed by atoms with Gasteiger partial charge in [-0.05, 0) is 31.2 Å². The van der Waals surface area contributed by atoms with Crippen LogP contribution in [0.15, 0.2) is 12.1 Å². The molecule has 17 heavy (non-hydrogen) atoms. The number of hydrogen-bond donors (Lipinski definition) is 1. The highest BCUT2D eigenvalue weighted by Gasteiger charge is 2.25.